The number of benzene rings is 5. The standard InChI is InChI=1S/C37H34N2O/c1-24-14-13-15-25(2)35(24)37-38(32-23-31-30-20-11-12-21-33(30)40-34(31)22-26(32)3)27(4)36(28-16-7-5-8-17-28)39(37)29-18-9-6-10-19-29/h5-23,27,36-37H,1-4H3/t27-,36?,37?/m0/s1. The number of para-hydroxylation sites is 2. The van der Waals surface area contributed by atoms with Crippen LogP contribution in [0.2, 0.25) is 0 Å². The molecule has 3 atom stereocenters. The molecule has 2 unspecified atom stereocenters. The molecule has 1 aliphatic heterocycles. The SMILES string of the molecule is Cc1cc2oc3ccccc3c2cc1N1C(c2c(C)cccc2C)N(c2ccccc2)C(c2ccccc2)[C@@H]1C. The van der Waals surface area contributed by atoms with Gasteiger partial charge >= 0.3 is 0 Å². The summed E-state index contributed by atoms with van der Waals surface area (Å²) in [4.78, 5) is 5.31. The van der Waals surface area contributed by atoms with Crippen LogP contribution in [0.5, 0.6) is 0 Å². The van der Waals surface area contributed by atoms with Crippen LogP contribution in [-0.2, 0) is 0 Å². The second kappa shape index (κ2) is 9.60. The number of furan rings is 1. The number of fused-ring (bicyclic) bond motifs is 3. The molecule has 0 bridgehead atoms. The molecule has 0 radical (unpaired) electrons. The Hall–Kier alpha value is -4.50. The van der Waals surface area contributed by atoms with E-state index in [0.717, 1.165) is 21.9 Å². The predicted octanol–water partition coefficient (Wildman–Crippen LogP) is 9.67. The highest BCUT2D eigenvalue weighted by molar-refractivity contribution is 6.06. The number of hydrogen-bond donors (Lipinski definition) is 0. The van der Waals surface area contributed by atoms with Crippen molar-refractivity contribution in [2.45, 2.75) is 45.9 Å². The Kier molecular flexibility index (Phi) is 5.89. The van der Waals surface area contributed by atoms with Crippen molar-refractivity contribution in [1.82, 2.24) is 0 Å². The number of rotatable bonds is 4. The quantitative estimate of drug-likeness (QED) is 0.230. The van der Waals surface area contributed by atoms with Gasteiger partial charge < -0.3 is 14.2 Å². The summed E-state index contributed by atoms with van der Waals surface area (Å²) in [5.41, 5.74) is 10.9. The summed E-state index contributed by atoms with van der Waals surface area (Å²) < 4.78 is 6.28. The third-order valence-corrected chi connectivity index (χ3v) is 8.69. The lowest BCUT2D eigenvalue weighted by Gasteiger charge is -2.37. The van der Waals surface area contributed by atoms with E-state index in [1.807, 2.05) is 6.07 Å². The average molecular weight is 523 g/mol. The third-order valence-electron chi connectivity index (χ3n) is 8.69. The normalized spacial score (nSPS) is 19.1. The Morgan fingerprint density at radius 3 is 1.95 bits per heavy atom. The number of hydrogen-bond acceptors (Lipinski definition) is 3. The van der Waals surface area contributed by atoms with Gasteiger partial charge in [-0.3, -0.25) is 0 Å². The summed E-state index contributed by atoms with van der Waals surface area (Å²) in [6, 6.07) is 41.9. The monoisotopic (exact) mass is 522 g/mol. The van der Waals surface area contributed by atoms with Gasteiger partial charge in [-0.15, -0.1) is 0 Å². The molecule has 40 heavy (non-hydrogen) atoms. The maximum atomic E-state index is 6.28. The zero-order valence-corrected chi connectivity index (χ0v) is 23.5. The van der Waals surface area contributed by atoms with Crippen molar-refractivity contribution in [1.29, 1.82) is 0 Å². The van der Waals surface area contributed by atoms with E-state index >= 15 is 0 Å². The van der Waals surface area contributed by atoms with Crippen LogP contribution < -0.4 is 9.80 Å². The minimum atomic E-state index is 0.0121. The fourth-order valence-electron chi connectivity index (χ4n) is 6.89. The first-order chi connectivity index (χ1) is 19.5. The van der Waals surface area contributed by atoms with Crippen molar-refractivity contribution in [3.63, 3.8) is 0 Å². The zero-order valence-electron chi connectivity index (χ0n) is 23.5. The average Bonchev–Trinajstić information content (AvgIpc) is 3.47. The van der Waals surface area contributed by atoms with Crippen LogP contribution in [0.1, 0.15) is 46.9 Å². The molecule has 0 spiro atoms. The van der Waals surface area contributed by atoms with Gasteiger partial charge in [0.15, 0.2) is 0 Å². The summed E-state index contributed by atoms with van der Waals surface area (Å²) in [7, 11) is 0. The molecule has 1 fully saturated rings. The molecule has 1 aromatic heterocycles. The maximum absolute atomic E-state index is 6.28. The van der Waals surface area contributed by atoms with Gasteiger partial charge in [0, 0.05) is 27.7 Å². The molecular formula is C37H34N2O. The number of anilines is 2. The fourth-order valence-corrected chi connectivity index (χ4v) is 6.89. The van der Waals surface area contributed by atoms with Crippen molar-refractivity contribution in [3.8, 4) is 0 Å². The highest BCUT2D eigenvalue weighted by Crippen LogP contribution is 2.52. The Morgan fingerprint density at radius 2 is 1.23 bits per heavy atom. The first-order valence-electron chi connectivity index (χ1n) is 14.2. The highest BCUT2D eigenvalue weighted by Gasteiger charge is 2.47. The van der Waals surface area contributed by atoms with Gasteiger partial charge in [0.1, 0.15) is 17.3 Å². The lowest BCUT2D eigenvalue weighted by Crippen LogP contribution is -2.34. The summed E-state index contributed by atoms with van der Waals surface area (Å²) in [5.74, 6) is 0. The van der Waals surface area contributed by atoms with Gasteiger partial charge in [-0.05, 0) is 80.3 Å². The summed E-state index contributed by atoms with van der Waals surface area (Å²) in [5, 5.41) is 2.33. The molecule has 5 aromatic carbocycles. The molecule has 0 amide bonds. The van der Waals surface area contributed by atoms with Gasteiger partial charge in [-0.2, -0.15) is 0 Å². The first-order valence-corrected chi connectivity index (χ1v) is 14.2. The lowest BCUT2D eigenvalue weighted by molar-refractivity contribution is 0.631. The molecule has 0 aliphatic carbocycles. The highest BCUT2D eigenvalue weighted by atomic mass is 16.3. The van der Waals surface area contributed by atoms with Crippen LogP contribution >= 0.6 is 0 Å². The molecule has 6 aromatic rings. The smallest absolute Gasteiger partial charge is 0.135 e. The summed E-state index contributed by atoms with van der Waals surface area (Å²) in [6.45, 7) is 9.12. The maximum Gasteiger partial charge on any atom is 0.135 e. The van der Waals surface area contributed by atoms with Crippen LogP contribution in [0.3, 0.4) is 0 Å². The Balaban J connectivity index is 1.53. The van der Waals surface area contributed by atoms with E-state index in [1.54, 1.807) is 0 Å². The molecule has 7 rings (SSSR count). The van der Waals surface area contributed by atoms with Gasteiger partial charge in [0.2, 0.25) is 0 Å². The summed E-state index contributed by atoms with van der Waals surface area (Å²) >= 11 is 0. The minimum Gasteiger partial charge on any atom is -0.456 e. The number of nitrogens with zero attached hydrogens (tertiary/aromatic N) is 2. The first kappa shape index (κ1) is 24.5. The summed E-state index contributed by atoms with van der Waals surface area (Å²) in [6.07, 6.45) is 0.0121. The molecule has 1 aliphatic rings. The third kappa shape index (κ3) is 3.80. The second-order valence-electron chi connectivity index (χ2n) is 11.2. The Bertz CT molecular complexity index is 1800. The van der Waals surface area contributed by atoms with Crippen LogP contribution in [0.15, 0.2) is 120 Å². The van der Waals surface area contributed by atoms with E-state index in [0.29, 0.717) is 0 Å². The molecule has 3 heteroatoms. The van der Waals surface area contributed by atoms with E-state index in [1.165, 1.54) is 39.2 Å². The van der Waals surface area contributed by atoms with Crippen molar-refractivity contribution in [2.24, 2.45) is 0 Å². The van der Waals surface area contributed by atoms with E-state index in [9.17, 15) is 0 Å². The molecular weight excluding hydrogens is 488 g/mol. The van der Waals surface area contributed by atoms with Crippen molar-refractivity contribution < 1.29 is 4.42 Å². The molecule has 1 saturated heterocycles. The van der Waals surface area contributed by atoms with Crippen LogP contribution in [0.4, 0.5) is 11.4 Å². The van der Waals surface area contributed by atoms with E-state index in [2.05, 4.69) is 147 Å². The van der Waals surface area contributed by atoms with E-state index < -0.39 is 0 Å². The number of aryl methyl sites for hydroxylation is 3. The molecule has 198 valence electrons. The van der Waals surface area contributed by atoms with Crippen molar-refractivity contribution >= 4 is 33.3 Å². The topological polar surface area (TPSA) is 19.6 Å². The fraction of sp³-hybridized carbons (Fsp3) is 0.189. The van der Waals surface area contributed by atoms with Gasteiger partial charge in [0.25, 0.3) is 0 Å². The van der Waals surface area contributed by atoms with E-state index in [-0.39, 0.29) is 18.2 Å². The predicted molar refractivity (Wildman–Crippen MR) is 167 cm³/mol. The lowest BCUT2D eigenvalue weighted by atomic mass is 9.97. The van der Waals surface area contributed by atoms with E-state index in [4.69, 9.17) is 4.42 Å². The van der Waals surface area contributed by atoms with Crippen LogP contribution in [0, 0.1) is 20.8 Å². The van der Waals surface area contributed by atoms with Gasteiger partial charge in [0.05, 0.1) is 12.1 Å². The van der Waals surface area contributed by atoms with Gasteiger partial charge in [-0.25, -0.2) is 0 Å². The Labute approximate surface area is 236 Å². The van der Waals surface area contributed by atoms with Crippen LogP contribution in [0.25, 0.3) is 21.9 Å². The zero-order chi connectivity index (χ0) is 27.4. The van der Waals surface area contributed by atoms with Crippen LogP contribution in [-0.4, -0.2) is 6.04 Å². The molecule has 2 heterocycles. The van der Waals surface area contributed by atoms with Crippen molar-refractivity contribution in [3.05, 3.63) is 143 Å². The van der Waals surface area contributed by atoms with Crippen molar-refractivity contribution in [2.75, 3.05) is 9.80 Å². The molecule has 3 nitrogen and oxygen atoms in total. The van der Waals surface area contributed by atoms with Gasteiger partial charge in [-0.1, -0.05) is 84.9 Å². The largest absolute Gasteiger partial charge is 0.456 e. The second-order valence-corrected chi connectivity index (χ2v) is 11.2. The molecule has 0 N–H and O–H groups in total. The molecule has 0 saturated carbocycles. The minimum absolute atomic E-state index is 0.0121. The Morgan fingerprint density at radius 1 is 0.575 bits per heavy atom.